The minimum absolute atomic E-state index is 0.802. The van der Waals surface area contributed by atoms with Crippen molar-refractivity contribution in [2.75, 3.05) is 11.9 Å². The number of fused-ring (bicyclic) bond motifs is 1. The van der Waals surface area contributed by atoms with Crippen molar-refractivity contribution in [3.8, 4) is 0 Å². The number of nitrogens with zero attached hydrogens (tertiary/aromatic N) is 4. The number of rotatable bonds is 5. The summed E-state index contributed by atoms with van der Waals surface area (Å²) >= 11 is 0. The van der Waals surface area contributed by atoms with E-state index in [9.17, 15) is 0 Å². The second kappa shape index (κ2) is 5.43. The minimum atomic E-state index is 0.802. The molecule has 6 nitrogen and oxygen atoms in total. The number of hydrogen-bond donors (Lipinski definition) is 2. The van der Waals surface area contributed by atoms with Crippen molar-refractivity contribution in [2.45, 2.75) is 12.8 Å². The van der Waals surface area contributed by atoms with Gasteiger partial charge < -0.3 is 5.32 Å². The van der Waals surface area contributed by atoms with Gasteiger partial charge in [0.1, 0.15) is 18.0 Å². The van der Waals surface area contributed by atoms with Gasteiger partial charge in [-0.2, -0.15) is 5.10 Å². The van der Waals surface area contributed by atoms with E-state index in [0.29, 0.717) is 0 Å². The van der Waals surface area contributed by atoms with Gasteiger partial charge in [-0.15, -0.1) is 0 Å². The van der Waals surface area contributed by atoms with Crippen LogP contribution in [0.25, 0.3) is 11.0 Å². The van der Waals surface area contributed by atoms with Crippen molar-refractivity contribution >= 4 is 16.9 Å². The van der Waals surface area contributed by atoms with E-state index in [0.717, 1.165) is 42.1 Å². The van der Waals surface area contributed by atoms with Crippen LogP contribution in [0.5, 0.6) is 0 Å². The molecule has 0 aliphatic rings. The van der Waals surface area contributed by atoms with Crippen molar-refractivity contribution in [1.29, 1.82) is 0 Å². The molecule has 6 heteroatoms. The molecule has 19 heavy (non-hydrogen) atoms. The maximum atomic E-state index is 4.50. The molecule has 0 fully saturated rings. The summed E-state index contributed by atoms with van der Waals surface area (Å²) < 4.78 is 0. The molecule has 2 aromatic heterocycles. The first-order valence-corrected chi connectivity index (χ1v) is 6.22. The van der Waals surface area contributed by atoms with Crippen molar-refractivity contribution in [3.63, 3.8) is 0 Å². The number of anilines is 1. The van der Waals surface area contributed by atoms with Crippen LogP contribution < -0.4 is 5.32 Å². The molecule has 1 aromatic carbocycles. The fraction of sp³-hybridized carbons (Fsp3) is 0.231. The first-order valence-electron chi connectivity index (χ1n) is 6.22. The lowest BCUT2D eigenvalue weighted by molar-refractivity contribution is 0.803. The first kappa shape index (κ1) is 11.6. The number of para-hydroxylation sites is 2. The number of aromatic amines is 1. The number of hydrogen-bond acceptors (Lipinski definition) is 5. The van der Waals surface area contributed by atoms with Gasteiger partial charge in [-0.1, -0.05) is 12.1 Å². The van der Waals surface area contributed by atoms with Gasteiger partial charge in [-0.05, 0) is 18.6 Å². The molecule has 0 radical (unpaired) electrons. The third kappa shape index (κ3) is 2.85. The highest BCUT2D eigenvalue weighted by atomic mass is 15.2. The quantitative estimate of drug-likeness (QED) is 0.679. The summed E-state index contributed by atoms with van der Waals surface area (Å²) in [5.74, 6) is 1.71. The minimum Gasteiger partial charge on any atom is -0.369 e. The molecule has 3 rings (SSSR count). The Bertz CT molecular complexity index is 649. The van der Waals surface area contributed by atoms with Crippen LogP contribution in [0.15, 0.2) is 36.8 Å². The number of aromatic nitrogens is 5. The molecule has 0 unspecified atom stereocenters. The maximum absolute atomic E-state index is 4.50. The summed E-state index contributed by atoms with van der Waals surface area (Å²) in [6.07, 6.45) is 5.12. The van der Waals surface area contributed by atoms with Gasteiger partial charge in [-0.3, -0.25) is 10.1 Å². The standard InChI is InChI=1S/C13H14N6/c1-2-5-11-10(4-1)15-8-13(18-11)14-7-3-6-12-16-9-17-19-12/h1-2,4-5,8-9H,3,6-7H2,(H,14,18)(H,16,17,19). The normalized spacial score (nSPS) is 10.7. The topological polar surface area (TPSA) is 79.4 Å². The first-order chi connectivity index (χ1) is 9.42. The molecule has 0 saturated carbocycles. The third-order valence-corrected chi connectivity index (χ3v) is 2.81. The molecular formula is C13H14N6. The Balaban J connectivity index is 1.56. The summed E-state index contributed by atoms with van der Waals surface area (Å²) in [5.41, 5.74) is 1.82. The van der Waals surface area contributed by atoms with Crippen LogP contribution >= 0.6 is 0 Å². The molecule has 0 amide bonds. The van der Waals surface area contributed by atoms with Gasteiger partial charge in [0.05, 0.1) is 17.2 Å². The van der Waals surface area contributed by atoms with Gasteiger partial charge in [0.2, 0.25) is 0 Å². The van der Waals surface area contributed by atoms with Crippen LogP contribution in [-0.2, 0) is 6.42 Å². The lowest BCUT2D eigenvalue weighted by Crippen LogP contribution is -2.05. The Morgan fingerprint density at radius 1 is 1.11 bits per heavy atom. The lowest BCUT2D eigenvalue weighted by Gasteiger charge is -2.05. The molecular weight excluding hydrogens is 240 g/mol. The Morgan fingerprint density at radius 2 is 2.00 bits per heavy atom. The average Bonchev–Trinajstić information content (AvgIpc) is 2.97. The van der Waals surface area contributed by atoms with Crippen LogP contribution in [0.4, 0.5) is 5.82 Å². The Labute approximate surface area is 110 Å². The zero-order valence-electron chi connectivity index (χ0n) is 10.4. The Morgan fingerprint density at radius 3 is 2.84 bits per heavy atom. The molecule has 0 aliphatic heterocycles. The van der Waals surface area contributed by atoms with E-state index < -0.39 is 0 Å². The Hall–Kier alpha value is -2.50. The van der Waals surface area contributed by atoms with E-state index in [1.54, 1.807) is 6.20 Å². The van der Waals surface area contributed by atoms with Gasteiger partial charge in [0.25, 0.3) is 0 Å². The van der Waals surface area contributed by atoms with Gasteiger partial charge in [0.15, 0.2) is 0 Å². The van der Waals surface area contributed by atoms with Crippen LogP contribution in [0, 0.1) is 0 Å². The van der Waals surface area contributed by atoms with Crippen LogP contribution in [0.1, 0.15) is 12.2 Å². The van der Waals surface area contributed by atoms with E-state index in [1.807, 2.05) is 24.3 Å². The summed E-state index contributed by atoms with van der Waals surface area (Å²) in [4.78, 5) is 12.9. The SMILES string of the molecule is c1ccc2nc(NCCCc3ncn[nH]3)cnc2c1. The lowest BCUT2D eigenvalue weighted by atomic mass is 10.3. The van der Waals surface area contributed by atoms with Gasteiger partial charge in [-0.25, -0.2) is 9.97 Å². The predicted octanol–water partition coefficient (Wildman–Crippen LogP) is 1.79. The zero-order chi connectivity index (χ0) is 12.9. The highest BCUT2D eigenvalue weighted by molar-refractivity contribution is 5.75. The third-order valence-electron chi connectivity index (χ3n) is 2.81. The average molecular weight is 254 g/mol. The molecule has 0 saturated heterocycles. The van der Waals surface area contributed by atoms with Crippen molar-refractivity contribution in [3.05, 3.63) is 42.6 Å². The molecule has 0 aliphatic carbocycles. The smallest absolute Gasteiger partial charge is 0.145 e. The summed E-state index contributed by atoms with van der Waals surface area (Å²) in [6, 6.07) is 7.84. The Kier molecular flexibility index (Phi) is 3.31. The highest BCUT2D eigenvalue weighted by Crippen LogP contribution is 2.11. The second-order valence-corrected chi connectivity index (χ2v) is 4.21. The molecule has 2 N–H and O–H groups in total. The summed E-state index contributed by atoms with van der Waals surface area (Å²) in [6.45, 7) is 0.827. The molecule has 0 bridgehead atoms. The van der Waals surface area contributed by atoms with E-state index in [2.05, 4.69) is 30.5 Å². The fourth-order valence-electron chi connectivity index (χ4n) is 1.87. The van der Waals surface area contributed by atoms with E-state index in [-0.39, 0.29) is 0 Å². The van der Waals surface area contributed by atoms with Crippen molar-refractivity contribution in [1.82, 2.24) is 25.1 Å². The molecule has 0 atom stereocenters. The highest BCUT2D eigenvalue weighted by Gasteiger charge is 1.99. The largest absolute Gasteiger partial charge is 0.369 e. The number of H-pyrrole nitrogens is 1. The van der Waals surface area contributed by atoms with E-state index in [1.165, 1.54) is 6.33 Å². The second-order valence-electron chi connectivity index (χ2n) is 4.21. The molecule has 0 spiro atoms. The fourth-order valence-corrected chi connectivity index (χ4v) is 1.87. The summed E-state index contributed by atoms with van der Waals surface area (Å²) in [5, 5.41) is 9.92. The number of aryl methyl sites for hydroxylation is 1. The van der Waals surface area contributed by atoms with Crippen LogP contribution in [0.2, 0.25) is 0 Å². The van der Waals surface area contributed by atoms with Gasteiger partial charge in [0, 0.05) is 13.0 Å². The zero-order valence-corrected chi connectivity index (χ0v) is 10.4. The van der Waals surface area contributed by atoms with Crippen LogP contribution in [-0.4, -0.2) is 31.7 Å². The summed E-state index contributed by atoms with van der Waals surface area (Å²) in [7, 11) is 0. The van der Waals surface area contributed by atoms with Gasteiger partial charge >= 0.3 is 0 Å². The predicted molar refractivity (Wildman–Crippen MR) is 72.7 cm³/mol. The van der Waals surface area contributed by atoms with E-state index >= 15 is 0 Å². The maximum Gasteiger partial charge on any atom is 0.145 e. The number of nitrogens with one attached hydrogen (secondary N) is 2. The molecule has 96 valence electrons. The van der Waals surface area contributed by atoms with Crippen LogP contribution in [0.3, 0.4) is 0 Å². The number of benzene rings is 1. The van der Waals surface area contributed by atoms with Crippen molar-refractivity contribution < 1.29 is 0 Å². The molecule has 3 aromatic rings. The van der Waals surface area contributed by atoms with E-state index in [4.69, 9.17) is 0 Å². The molecule has 2 heterocycles. The van der Waals surface area contributed by atoms with Crippen molar-refractivity contribution in [2.24, 2.45) is 0 Å². The monoisotopic (exact) mass is 254 g/mol.